The van der Waals surface area contributed by atoms with Crippen molar-refractivity contribution in [2.75, 3.05) is 18.0 Å². The molecule has 0 bridgehead atoms. The molecule has 0 aromatic heterocycles. The van der Waals surface area contributed by atoms with Crippen LogP contribution in [0.1, 0.15) is 63.1 Å². The first-order valence-corrected chi connectivity index (χ1v) is 12.3. The monoisotopic (exact) mass is 445 g/mol. The Morgan fingerprint density at radius 1 is 0.735 bits per heavy atom. The molecule has 4 aromatic carbocycles. The Labute approximate surface area is 202 Å². The van der Waals surface area contributed by atoms with Crippen molar-refractivity contribution in [1.29, 1.82) is 10.5 Å². The van der Waals surface area contributed by atoms with Crippen molar-refractivity contribution >= 4 is 27.2 Å². The van der Waals surface area contributed by atoms with Gasteiger partial charge in [0.15, 0.2) is 0 Å². The fourth-order valence-electron chi connectivity index (χ4n) is 5.33. The highest BCUT2D eigenvalue weighted by molar-refractivity contribution is 6.14. The Morgan fingerprint density at radius 3 is 1.74 bits per heavy atom. The van der Waals surface area contributed by atoms with E-state index in [0.29, 0.717) is 11.1 Å². The van der Waals surface area contributed by atoms with Gasteiger partial charge in [0, 0.05) is 18.7 Å². The first-order chi connectivity index (χ1) is 16.6. The van der Waals surface area contributed by atoms with Crippen LogP contribution in [0.5, 0.6) is 0 Å². The molecule has 0 radical (unpaired) electrons. The van der Waals surface area contributed by atoms with E-state index in [1.165, 1.54) is 0 Å². The van der Waals surface area contributed by atoms with E-state index in [1.54, 1.807) is 0 Å². The van der Waals surface area contributed by atoms with Crippen molar-refractivity contribution in [3.05, 3.63) is 77.4 Å². The van der Waals surface area contributed by atoms with Crippen LogP contribution >= 0.6 is 0 Å². The molecule has 34 heavy (non-hydrogen) atoms. The maximum Gasteiger partial charge on any atom is 0.102 e. The van der Waals surface area contributed by atoms with Crippen LogP contribution in [-0.2, 0) is 0 Å². The maximum absolute atomic E-state index is 10.5. The summed E-state index contributed by atoms with van der Waals surface area (Å²) >= 11 is 0. The summed E-state index contributed by atoms with van der Waals surface area (Å²) in [5.74, 6) is 0.261. The van der Waals surface area contributed by atoms with E-state index in [9.17, 15) is 10.5 Å². The summed E-state index contributed by atoms with van der Waals surface area (Å²) in [6.45, 7) is 10.0. The minimum atomic E-state index is 0.261. The summed E-state index contributed by atoms with van der Waals surface area (Å²) in [5.41, 5.74) is 5.10. The lowest BCUT2D eigenvalue weighted by Gasteiger charge is -2.28. The molecule has 0 amide bonds. The Hall–Kier alpha value is -3.82. The number of nitriles is 2. The van der Waals surface area contributed by atoms with Gasteiger partial charge in [-0.1, -0.05) is 62.4 Å². The fourth-order valence-corrected chi connectivity index (χ4v) is 5.33. The number of fused-ring (bicyclic) bond motifs is 2. The molecule has 3 heteroatoms. The minimum Gasteiger partial charge on any atom is -0.370 e. The van der Waals surface area contributed by atoms with Crippen molar-refractivity contribution in [3.8, 4) is 23.3 Å². The quantitative estimate of drug-likeness (QED) is 0.270. The Balaban J connectivity index is 2.26. The number of anilines is 1. The van der Waals surface area contributed by atoms with Gasteiger partial charge in [0.2, 0.25) is 0 Å². The van der Waals surface area contributed by atoms with Gasteiger partial charge in [-0.25, -0.2) is 0 Å². The average molecular weight is 446 g/mol. The molecule has 0 fully saturated rings. The first kappa shape index (κ1) is 23.3. The van der Waals surface area contributed by atoms with Crippen LogP contribution in [0.2, 0.25) is 0 Å². The van der Waals surface area contributed by atoms with Gasteiger partial charge >= 0.3 is 0 Å². The highest BCUT2D eigenvalue weighted by Crippen LogP contribution is 2.44. The summed E-state index contributed by atoms with van der Waals surface area (Å²) in [4.78, 5) is 2.17. The third-order valence-corrected chi connectivity index (χ3v) is 7.10. The van der Waals surface area contributed by atoms with E-state index in [0.717, 1.165) is 69.9 Å². The van der Waals surface area contributed by atoms with Crippen LogP contribution in [0.3, 0.4) is 0 Å². The van der Waals surface area contributed by atoms with Crippen LogP contribution in [0, 0.1) is 22.7 Å². The highest BCUT2D eigenvalue weighted by Gasteiger charge is 2.26. The Bertz CT molecular complexity index is 1370. The van der Waals surface area contributed by atoms with E-state index in [-0.39, 0.29) is 5.92 Å². The van der Waals surface area contributed by atoms with Crippen molar-refractivity contribution in [2.45, 2.75) is 46.5 Å². The molecule has 0 aliphatic carbocycles. The SMILES string of the molecule is CCC(CC)c1cc(-c2c3ccccc3cc3ccccc23)c(C#N)c(N(CC)CC)c1C#N. The van der Waals surface area contributed by atoms with Crippen molar-refractivity contribution in [1.82, 2.24) is 0 Å². The largest absolute Gasteiger partial charge is 0.370 e. The molecule has 0 N–H and O–H groups in total. The molecule has 0 saturated heterocycles. The van der Waals surface area contributed by atoms with Crippen molar-refractivity contribution < 1.29 is 0 Å². The molecule has 4 rings (SSSR count). The zero-order valence-electron chi connectivity index (χ0n) is 20.5. The Morgan fingerprint density at radius 2 is 1.26 bits per heavy atom. The van der Waals surface area contributed by atoms with Gasteiger partial charge in [0.1, 0.15) is 12.1 Å². The van der Waals surface area contributed by atoms with E-state index < -0.39 is 0 Å². The van der Waals surface area contributed by atoms with E-state index >= 15 is 0 Å². The second-order valence-corrected chi connectivity index (χ2v) is 8.72. The topological polar surface area (TPSA) is 50.8 Å². The smallest absolute Gasteiger partial charge is 0.102 e. The van der Waals surface area contributed by atoms with Crippen LogP contribution in [0.4, 0.5) is 5.69 Å². The predicted octanol–water partition coefficient (Wildman–Crippen LogP) is 8.15. The average Bonchev–Trinajstić information content (AvgIpc) is 2.88. The summed E-state index contributed by atoms with van der Waals surface area (Å²) in [7, 11) is 0. The molecular formula is C31H31N3. The number of hydrogen-bond acceptors (Lipinski definition) is 3. The molecule has 0 unspecified atom stereocenters. The third-order valence-electron chi connectivity index (χ3n) is 7.10. The maximum atomic E-state index is 10.5. The summed E-state index contributed by atoms with van der Waals surface area (Å²) < 4.78 is 0. The van der Waals surface area contributed by atoms with Gasteiger partial charge in [0.25, 0.3) is 0 Å². The molecular weight excluding hydrogens is 414 g/mol. The lowest BCUT2D eigenvalue weighted by Crippen LogP contribution is -2.25. The third kappa shape index (κ3) is 3.78. The summed E-state index contributed by atoms with van der Waals surface area (Å²) in [6.07, 6.45) is 1.90. The van der Waals surface area contributed by atoms with Crippen LogP contribution in [0.25, 0.3) is 32.7 Å². The van der Waals surface area contributed by atoms with Crippen molar-refractivity contribution in [2.24, 2.45) is 0 Å². The lowest BCUT2D eigenvalue weighted by molar-refractivity contribution is 0.640. The molecule has 170 valence electrons. The molecule has 0 aliphatic rings. The molecule has 0 saturated carbocycles. The number of benzene rings is 4. The molecule has 0 atom stereocenters. The molecule has 4 aromatic rings. The molecule has 0 heterocycles. The summed E-state index contributed by atoms with van der Waals surface area (Å²) in [6, 6.07) is 26.2. The van der Waals surface area contributed by atoms with Gasteiger partial charge in [-0.2, -0.15) is 10.5 Å². The van der Waals surface area contributed by atoms with Crippen LogP contribution in [0.15, 0.2) is 60.7 Å². The molecule has 0 aliphatic heterocycles. The molecule has 3 nitrogen and oxygen atoms in total. The normalized spacial score (nSPS) is 11.0. The van der Waals surface area contributed by atoms with Gasteiger partial charge in [0.05, 0.1) is 16.8 Å². The zero-order chi connectivity index (χ0) is 24.2. The minimum absolute atomic E-state index is 0.261. The highest BCUT2D eigenvalue weighted by atomic mass is 15.1. The van der Waals surface area contributed by atoms with Gasteiger partial charge in [-0.15, -0.1) is 0 Å². The zero-order valence-corrected chi connectivity index (χ0v) is 20.5. The standard InChI is InChI=1S/C31H31N3/c1-5-21(6-2)26-18-27(29(20-33)31(28(26)19-32)34(7-3)8-4)30-24-15-11-9-13-22(24)17-23-14-10-12-16-25(23)30/h9-18,21H,5-8H2,1-4H3. The number of rotatable bonds is 7. The number of nitrogens with zero attached hydrogens (tertiary/aromatic N) is 3. The van der Waals surface area contributed by atoms with Crippen molar-refractivity contribution in [3.63, 3.8) is 0 Å². The Kier molecular flexibility index (Phi) is 6.85. The van der Waals surface area contributed by atoms with Gasteiger partial charge in [-0.05, 0) is 77.4 Å². The van der Waals surface area contributed by atoms with E-state index in [4.69, 9.17) is 0 Å². The predicted molar refractivity (Wildman–Crippen MR) is 143 cm³/mol. The fraction of sp³-hybridized carbons (Fsp3) is 0.290. The van der Waals surface area contributed by atoms with E-state index in [2.05, 4.69) is 105 Å². The van der Waals surface area contributed by atoms with E-state index in [1.807, 2.05) is 0 Å². The number of hydrogen-bond donors (Lipinski definition) is 0. The van der Waals surface area contributed by atoms with Crippen LogP contribution < -0.4 is 4.90 Å². The molecule has 0 spiro atoms. The summed E-state index contributed by atoms with van der Waals surface area (Å²) in [5, 5.41) is 25.4. The second kappa shape index (κ2) is 9.98. The lowest BCUT2D eigenvalue weighted by atomic mass is 9.82. The van der Waals surface area contributed by atoms with Crippen LogP contribution in [-0.4, -0.2) is 13.1 Å². The van der Waals surface area contributed by atoms with Gasteiger partial charge < -0.3 is 4.90 Å². The second-order valence-electron chi connectivity index (χ2n) is 8.72. The first-order valence-electron chi connectivity index (χ1n) is 12.3. The van der Waals surface area contributed by atoms with Gasteiger partial charge in [-0.3, -0.25) is 0 Å².